The maximum absolute atomic E-state index is 9.39. The van der Waals surface area contributed by atoms with E-state index in [9.17, 15) is 5.11 Å². The van der Waals surface area contributed by atoms with Gasteiger partial charge in [-0.15, -0.1) is 0 Å². The Labute approximate surface area is 100 Å². The molecule has 3 nitrogen and oxygen atoms in total. The third-order valence-electron chi connectivity index (χ3n) is 3.70. The molecule has 0 spiro atoms. The van der Waals surface area contributed by atoms with Gasteiger partial charge in [0, 0.05) is 25.2 Å². The molecular formula is C13H29NO2. The van der Waals surface area contributed by atoms with E-state index in [0.29, 0.717) is 5.92 Å². The highest BCUT2D eigenvalue weighted by molar-refractivity contribution is 4.78. The van der Waals surface area contributed by atoms with Crippen molar-refractivity contribution in [3.63, 3.8) is 0 Å². The molecule has 0 aromatic carbocycles. The van der Waals surface area contributed by atoms with Crippen LogP contribution in [0.2, 0.25) is 0 Å². The van der Waals surface area contributed by atoms with Crippen molar-refractivity contribution in [2.75, 3.05) is 26.3 Å². The molecule has 0 aliphatic rings. The molecule has 0 saturated carbocycles. The molecule has 1 unspecified atom stereocenters. The summed E-state index contributed by atoms with van der Waals surface area (Å²) in [6, 6.07) is 0. The van der Waals surface area contributed by atoms with Crippen LogP contribution >= 0.6 is 0 Å². The number of aliphatic hydroxyl groups excluding tert-OH is 2. The second kappa shape index (κ2) is 8.97. The van der Waals surface area contributed by atoms with Gasteiger partial charge in [0.05, 0.1) is 0 Å². The summed E-state index contributed by atoms with van der Waals surface area (Å²) < 4.78 is 0. The lowest BCUT2D eigenvalue weighted by Crippen LogP contribution is -2.37. The fourth-order valence-electron chi connectivity index (χ4n) is 1.80. The molecule has 0 bridgehead atoms. The Morgan fingerprint density at radius 2 is 1.81 bits per heavy atom. The highest BCUT2D eigenvalue weighted by Crippen LogP contribution is 2.24. The van der Waals surface area contributed by atoms with Gasteiger partial charge in [-0.3, -0.25) is 0 Å². The van der Waals surface area contributed by atoms with Crippen molar-refractivity contribution in [2.45, 2.75) is 46.5 Å². The second-order valence-corrected chi connectivity index (χ2v) is 4.97. The largest absolute Gasteiger partial charge is 0.396 e. The van der Waals surface area contributed by atoms with Crippen LogP contribution < -0.4 is 5.32 Å². The molecule has 0 amide bonds. The van der Waals surface area contributed by atoms with Gasteiger partial charge in [-0.1, -0.05) is 20.8 Å². The number of aliphatic hydroxyl groups is 2. The van der Waals surface area contributed by atoms with Gasteiger partial charge in [0.15, 0.2) is 0 Å². The van der Waals surface area contributed by atoms with E-state index in [4.69, 9.17) is 5.11 Å². The summed E-state index contributed by atoms with van der Waals surface area (Å²) in [5.74, 6) is 0.404. The molecule has 0 heterocycles. The van der Waals surface area contributed by atoms with Gasteiger partial charge in [0.25, 0.3) is 0 Å². The SMILES string of the molecule is CCC(CC)(CO)CNCCCC(C)CO. The van der Waals surface area contributed by atoms with E-state index in [0.717, 1.165) is 38.8 Å². The topological polar surface area (TPSA) is 52.5 Å². The Balaban J connectivity index is 3.63. The van der Waals surface area contributed by atoms with Crippen molar-refractivity contribution in [3.8, 4) is 0 Å². The molecular weight excluding hydrogens is 202 g/mol. The van der Waals surface area contributed by atoms with Crippen LogP contribution in [0, 0.1) is 11.3 Å². The molecule has 0 aliphatic carbocycles. The van der Waals surface area contributed by atoms with Gasteiger partial charge in [0.2, 0.25) is 0 Å². The van der Waals surface area contributed by atoms with E-state index in [-0.39, 0.29) is 18.6 Å². The normalized spacial score (nSPS) is 14.1. The van der Waals surface area contributed by atoms with Crippen molar-refractivity contribution in [1.29, 1.82) is 0 Å². The van der Waals surface area contributed by atoms with Crippen LogP contribution in [0.4, 0.5) is 0 Å². The van der Waals surface area contributed by atoms with Gasteiger partial charge < -0.3 is 15.5 Å². The molecule has 3 heteroatoms. The standard InChI is InChI=1S/C13H29NO2/c1-4-13(5-2,11-16)10-14-8-6-7-12(3)9-15/h12,14-16H,4-11H2,1-3H3. The Bertz CT molecular complexity index is 150. The van der Waals surface area contributed by atoms with Gasteiger partial charge in [0.1, 0.15) is 0 Å². The van der Waals surface area contributed by atoms with E-state index in [1.165, 1.54) is 0 Å². The number of rotatable bonds is 10. The van der Waals surface area contributed by atoms with Crippen molar-refractivity contribution >= 4 is 0 Å². The number of nitrogens with one attached hydrogen (secondary N) is 1. The zero-order valence-corrected chi connectivity index (χ0v) is 11.1. The second-order valence-electron chi connectivity index (χ2n) is 4.97. The lowest BCUT2D eigenvalue weighted by Gasteiger charge is -2.29. The van der Waals surface area contributed by atoms with E-state index < -0.39 is 0 Å². The van der Waals surface area contributed by atoms with Gasteiger partial charge >= 0.3 is 0 Å². The lowest BCUT2D eigenvalue weighted by molar-refractivity contribution is 0.113. The fraction of sp³-hybridized carbons (Fsp3) is 1.00. The van der Waals surface area contributed by atoms with E-state index in [2.05, 4.69) is 26.1 Å². The fourth-order valence-corrected chi connectivity index (χ4v) is 1.80. The van der Waals surface area contributed by atoms with Crippen molar-refractivity contribution < 1.29 is 10.2 Å². The van der Waals surface area contributed by atoms with Crippen LogP contribution in [0.3, 0.4) is 0 Å². The third-order valence-corrected chi connectivity index (χ3v) is 3.70. The van der Waals surface area contributed by atoms with Crippen LogP contribution in [0.1, 0.15) is 46.5 Å². The summed E-state index contributed by atoms with van der Waals surface area (Å²) in [4.78, 5) is 0. The summed E-state index contributed by atoms with van der Waals surface area (Å²) in [6.45, 7) is 8.75. The number of hydrogen-bond donors (Lipinski definition) is 3. The molecule has 16 heavy (non-hydrogen) atoms. The first-order valence-electron chi connectivity index (χ1n) is 6.56. The number of hydrogen-bond acceptors (Lipinski definition) is 3. The smallest absolute Gasteiger partial charge is 0.0499 e. The lowest BCUT2D eigenvalue weighted by atomic mass is 9.83. The quantitative estimate of drug-likeness (QED) is 0.502. The molecule has 0 aromatic rings. The van der Waals surface area contributed by atoms with Crippen LogP contribution in [0.15, 0.2) is 0 Å². The van der Waals surface area contributed by atoms with E-state index >= 15 is 0 Å². The first-order valence-corrected chi connectivity index (χ1v) is 6.56. The Morgan fingerprint density at radius 1 is 1.19 bits per heavy atom. The molecule has 98 valence electrons. The average molecular weight is 231 g/mol. The first kappa shape index (κ1) is 15.9. The Morgan fingerprint density at radius 3 is 2.25 bits per heavy atom. The molecule has 1 atom stereocenters. The molecule has 0 rings (SSSR count). The van der Waals surface area contributed by atoms with Crippen molar-refractivity contribution in [1.82, 2.24) is 5.32 Å². The summed E-state index contributed by atoms with van der Waals surface area (Å²) >= 11 is 0. The summed E-state index contributed by atoms with van der Waals surface area (Å²) in [7, 11) is 0. The minimum Gasteiger partial charge on any atom is -0.396 e. The van der Waals surface area contributed by atoms with E-state index in [1.807, 2.05) is 0 Å². The van der Waals surface area contributed by atoms with Crippen LogP contribution in [-0.2, 0) is 0 Å². The molecule has 3 N–H and O–H groups in total. The van der Waals surface area contributed by atoms with Crippen molar-refractivity contribution in [3.05, 3.63) is 0 Å². The van der Waals surface area contributed by atoms with Crippen LogP contribution in [0.25, 0.3) is 0 Å². The molecule has 0 radical (unpaired) electrons. The highest BCUT2D eigenvalue weighted by Gasteiger charge is 2.24. The maximum atomic E-state index is 9.39. The summed E-state index contributed by atoms with van der Waals surface area (Å²) in [5, 5.41) is 21.7. The van der Waals surface area contributed by atoms with Gasteiger partial charge in [-0.25, -0.2) is 0 Å². The molecule has 0 saturated heterocycles. The first-order chi connectivity index (χ1) is 7.64. The maximum Gasteiger partial charge on any atom is 0.0499 e. The minimum absolute atomic E-state index is 0.0581. The minimum atomic E-state index is 0.0581. The molecule has 0 aliphatic heterocycles. The van der Waals surface area contributed by atoms with Crippen molar-refractivity contribution in [2.24, 2.45) is 11.3 Å². The van der Waals surface area contributed by atoms with E-state index in [1.54, 1.807) is 0 Å². The summed E-state index contributed by atoms with van der Waals surface area (Å²) in [5.41, 5.74) is 0.0581. The molecule has 0 aromatic heterocycles. The zero-order chi connectivity index (χ0) is 12.4. The Kier molecular flexibility index (Phi) is 8.90. The highest BCUT2D eigenvalue weighted by atomic mass is 16.3. The molecule has 0 fully saturated rings. The predicted molar refractivity (Wildman–Crippen MR) is 68.5 cm³/mol. The predicted octanol–water partition coefficient (Wildman–Crippen LogP) is 1.78. The van der Waals surface area contributed by atoms with Crippen LogP contribution in [-0.4, -0.2) is 36.5 Å². The Hall–Kier alpha value is -0.120. The van der Waals surface area contributed by atoms with Gasteiger partial charge in [-0.2, -0.15) is 0 Å². The average Bonchev–Trinajstić information content (AvgIpc) is 2.34. The van der Waals surface area contributed by atoms with Gasteiger partial charge in [-0.05, 0) is 38.1 Å². The van der Waals surface area contributed by atoms with Crippen LogP contribution in [0.5, 0.6) is 0 Å². The third kappa shape index (κ3) is 5.83. The monoisotopic (exact) mass is 231 g/mol. The summed E-state index contributed by atoms with van der Waals surface area (Å²) in [6.07, 6.45) is 4.19. The zero-order valence-electron chi connectivity index (χ0n) is 11.1.